The monoisotopic (exact) mass is 268 g/mol. The predicted octanol–water partition coefficient (Wildman–Crippen LogP) is 3.24. The number of nitrogens with one attached hydrogen (secondary N) is 2. The number of amides is 1. The molecule has 1 fully saturated rings. The molecule has 3 heteroatoms. The van der Waals surface area contributed by atoms with E-state index in [2.05, 4.69) is 31.4 Å². The van der Waals surface area contributed by atoms with E-state index in [9.17, 15) is 4.79 Å². The van der Waals surface area contributed by atoms with Crippen molar-refractivity contribution >= 4 is 5.91 Å². The minimum Gasteiger partial charge on any atom is -0.354 e. The summed E-state index contributed by atoms with van der Waals surface area (Å²) in [6, 6.07) is 0.934. The Morgan fingerprint density at radius 1 is 1.21 bits per heavy atom. The van der Waals surface area contributed by atoms with Crippen LogP contribution in [0.15, 0.2) is 0 Å². The van der Waals surface area contributed by atoms with Gasteiger partial charge in [0.2, 0.25) is 5.91 Å². The van der Waals surface area contributed by atoms with Crippen LogP contribution in [-0.4, -0.2) is 24.5 Å². The average molecular weight is 268 g/mol. The Labute approximate surface area is 118 Å². The summed E-state index contributed by atoms with van der Waals surface area (Å²) in [6.45, 7) is 7.28. The number of hydrogen-bond acceptors (Lipinski definition) is 2. The number of carbonyl (C=O) groups excluding carboxylic acids is 1. The first-order valence-corrected chi connectivity index (χ1v) is 8.18. The van der Waals surface area contributed by atoms with Gasteiger partial charge in [-0.25, -0.2) is 0 Å². The van der Waals surface area contributed by atoms with Gasteiger partial charge in [0.05, 0.1) is 0 Å². The lowest BCUT2D eigenvalue weighted by molar-refractivity contribution is -0.121. The maximum absolute atomic E-state index is 11.7. The van der Waals surface area contributed by atoms with Crippen molar-refractivity contribution in [1.29, 1.82) is 0 Å². The van der Waals surface area contributed by atoms with Crippen LogP contribution in [0.1, 0.15) is 72.1 Å². The highest BCUT2D eigenvalue weighted by Crippen LogP contribution is 2.25. The number of rotatable bonds is 7. The fourth-order valence-corrected chi connectivity index (χ4v) is 2.83. The van der Waals surface area contributed by atoms with Gasteiger partial charge < -0.3 is 10.6 Å². The van der Waals surface area contributed by atoms with Crippen molar-refractivity contribution < 1.29 is 4.79 Å². The molecule has 0 bridgehead atoms. The van der Waals surface area contributed by atoms with Crippen LogP contribution in [0.3, 0.4) is 0 Å². The average Bonchev–Trinajstić information content (AvgIpc) is 2.63. The second kappa shape index (κ2) is 9.35. The summed E-state index contributed by atoms with van der Waals surface area (Å²) in [6.07, 6.45) is 9.59. The second-order valence-corrected chi connectivity index (χ2v) is 6.06. The van der Waals surface area contributed by atoms with Crippen molar-refractivity contribution in [2.75, 3.05) is 6.54 Å². The van der Waals surface area contributed by atoms with Crippen molar-refractivity contribution in [3.8, 4) is 0 Å². The SMILES string of the molecule is CCC1CCCC(NCCC(=O)NC(C)CC)CC1. The first-order valence-electron chi connectivity index (χ1n) is 8.18. The van der Waals surface area contributed by atoms with Gasteiger partial charge >= 0.3 is 0 Å². The molecule has 112 valence electrons. The number of hydrogen-bond donors (Lipinski definition) is 2. The van der Waals surface area contributed by atoms with E-state index in [1.165, 1.54) is 38.5 Å². The maximum Gasteiger partial charge on any atom is 0.221 e. The molecule has 1 aliphatic rings. The molecule has 1 rings (SSSR count). The van der Waals surface area contributed by atoms with Gasteiger partial charge in [-0.3, -0.25) is 4.79 Å². The molecular formula is C16H32N2O. The van der Waals surface area contributed by atoms with Gasteiger partial charge in [0.25, 0.3) is 0 Å². The molecule has 3 unspecified atom stereocenters. The molecule has 1 amide bonds. The highest BCUT2D eigenvalue weighted by Gasteiger charge is 2.17. The van der Waals surface area contributed by atoms with Crippen LogP contribution < -0.4 is 10.6 Å². The lowest BCUT2D eigenvalue weighted by Crippen LogP contribution is -2.36. The maximum atomic E-state index is 11.7. The van der Waals surface area contributed by atoms with Crippen LogP contribution in [-0.2, 0) is 4.79 Å². The first-order chi connectivity index (χ1) is 9.15. The zero-order valence-electron chi connectivity index (χ0n) is 13.0. The topological polar surface area (TPSA) is 41.1 Å². The van der Waals surface area contributed by atoms with Gasteiger partial charge in [-0.2, -0.15) is 0 Å². The third-order valence-corrected chi connectivity index (χ3v) is 4.47. The summed E-state index contributed by atoms with van der Waals surface area (Å²) in [5.74, 6) is 1.11. The Hall–Kier alpha value is -0.570. The van der Waals surface area contributed by atoms with Gasteiger partial charge in [-0.1, -0.05) is 33.1 Å². The van der Waals surface area contributed by atoms with E-state index in [1.54, 1.807) is 0 Å². The lowest BCUT2D eigenvalue weighted by Gasteiger charge is -2.17. The molecule has 19 heavy (non-hydrogen) atoms. The molecule has 0 aromatic heterocycles. The first kappa shape index (κ1) is 16.5. The molecular weight excluding hydrogens is 236 g/mol. The van der Waals surface area contributed by atoms with Gasteiger partial charge in [-0.05, 0) is 38.5 Å². The van der Waals surface area contributed by atoms with Crippen LogP contribution in [0.4, 0.5) is 0 Å². The van der Waals surface area contributed by atoms with E-state index >= 15 is 0 Å². The van der Waals surface area contributed by atoms with Gasteiger partial charge in [0.15, 0.2) is 0 Å². The Morgan fingerprint density at radius 2 is 2.00 bits per heavy atom. The second-order valence-electron chi connectivity index (χ2n) is 6.06. The van der Waals surface area contributed by atoms with Crippen molar-refractivity contribution in [3.05, 3.63) is 0 Å². The largest absolute Gasteiger partial charge is 0.354 e. The Bertz CT molecular complexity index is 255. The molecule has 0 spiro atoms. The van der Waals surface area contributed by atoms with Crippen molar-refractivity contribution in [2.24, 2.45) is 5.92 Å². The highest BCUT2D eigenvalue weighted by molar-refractivity contribution is 5.76. The van der Waals surface area contributed by atoms with Crippen LogP contribution in [0.2, 0.25) is 0 Å². The molecule has 0 aliphatic heterocycles. The summed E-state index contributed by atoms with van der Waals surface area (Å²) in [5, 5.41) is 6.58. The van der Waals surface area contributed by atoms with Crippen LogP contribution >= 0.6 is 0 Å². The van der Waals surface area contributed by atoms with E-state index in [0.29, 0.717) is 18.5 Å². The van der Waals surface area contributed by atoms with Crippen LogP contribution in [0.5, 0.6) is 0 Å². The summed E-state index contributed by atoms with van der Waals surface area (Å²) in [4.78, 5) is 11.7. The van der Waals surface area contributed by atoms with Crippen LogP contribution in [0, 0.1) is 5.92 Å². The van der Waals surface area contributed by atoms with Crippen molar-refractivity contribution in [1.82, 2.24) is 10.6 Å². The Kier molecular flexibility index (Phi) is 8.11. The molecule has 0 aromatic carbocycles. The van der Waals surface area contributed by atoms with Crippen molar-refractivity contribution in [2.45, 2.75) is 84.2 Å². The smallest absolute Gasteiger partial charge is 0.221 e. The zero-order chi connectivity index (χ0) is 14.1. The summed E-state index contributed by atoms with van der Waals surface area (Å²) >= 11 is 0. The van der Waals surface area contributed by atoms with E-state index in [-0.39, 0.29) is 5.91 Å². The normalized spacial score (nSPS) is 25.6. The molecule has 0 heterocycles. The summed E-state index contributed by atoms with van der Waals surface area (Å²) in [5.41, 5.74) is 0. The molecule has 1 saturated carbocycles. The van der Waals surface area contributed by atoms with Gasteiger partial charge in [0, 0.05) is 25.0 Å². The molecule has 3 atom stereocenters. The molecule has 0 radical (unpaired) electrons. The summed E-state index contributed by atoms with van der Waals surface area (Å²) < 4.78 is 0. The molecule has 3 nitrogen and oxygen atoms in total. The zero-order valence-corrected chi connectivity index (χ0v) is 13.0. The fourth-order valence-electron chi connectivity index (χ4n) is 2.83. The third-order valence-electron chi connectivity index (χ3n) is 4.47. The van der Waals surface area contributed by atoms with E-state index in [4.69, 9.17) is 0 Å². The Balaban J connectivity index is 2.13. The molecule has 1 aliphatic carbocycles. The van der Waals surface area contributed by atoms with Crippen LogP contribution in [0.25, 0.3) is 0 Å². The summed E-state index contributed by atoms with van der Waals surface area (Å²) in [7, 11) is 0. The minimum atomic E-state index is 0.182. The van der Waals surface area contributed by atoms with E-state index in [0.717, 1.165) is 18.9 Å². The van der Waals surface area contributed by atoms with Gasteiger partial charge in [0.1, 0.15) is 0 Å². The minimum absolute atomic E-state index is 0.182. The standard InChI is InChI=1S/C16H32N2O/c1-4-13(3)18-16(19)11-12-17-15-8-6-7-14(5-2)9-10-15/h13-15,17H,4-12H2,1-3H3,(H,18,19). The highest BCUT2D eigenvalue weighted by atomic mass is 16.1. The molecule has 0 aromatic rings. The Morgan fingerprint density at radius 3 is 2.68 bits per heavy atom. The molecule has 2 N–H and O–H groups in total. The molecule has 0 saturated heterocycles. The quantitative estimate of drug-likeness (QED) is 0.696. The van der Waals surface area contributed by atoms with E-state index < -0.39 is 0 Å². The lowest BCUT2D eigenvalue weighted by atomic mass is 9.98. The van der Waals surface area contributed by atoms with Gasteiger partial charge in [-0.15, -0.1) is 0 Å². The predicted molar refractivity (Wildman–Crippen MR) is 81.2 cm³/mol. The third kappa shape index (κ3) is 6.95. The van der Waals surface area contributed by atoms with Crippen molar-refractivity contribution in [3.63, 3.8) is 0 Å². The van der Waals surface area contributed by atoms with E-state index in [1.807, 2.05) is 0 Å². The number of carbonyl (C=O) groups is 1. The fraction of sp³-hybridized carbons (Fsp3) is 0.938.